The molecule has 0 spiro atoms. The molecule has 1 rings (SSSR count). The molecule has 0 bridgehead atoms. The van der Waals surface area contributed by atoms with Gasteiger partial charge in [-0.15, -0.1) is 24.0 Å². The predicted molar refractivity (Wildman–Crippen MR) is 92.3 cm³/mol. The van der Waals surface area contributed by atoms with Crippen molar-refractivity contribution < 1.29 is 4.79 Å². The van der Waals surface area contributed by atoms with Crippen LogP contribution in [0.4, 0.5) is 0 Å². The van der Waals surface area contributed by atoms with E-state index >= 15 is 0 Å². The monoisotopic (exact) mass is 391 g/mol. The maximum atomic E-state index is 11.9. The lowest BCUT2D eigenvalue weighted by molar-refractivity contribution is 0.0951. The Morgan fingerprint density at radius 1 is 1.35 bits per heavy atom. The van der Waals surface area contributed by atoms with Crippen LogP contribution < -0.4 is 16.8 Å². The van der Waals surface area contributed by atoms with E-state index in [4.69, 9.17) is 11.5 Å². The van der Waals surface area contributed by atoms with Crippen LogP contribution in [0, 0.1) is 0 Å². The second-order valence-corrected chi connectivity index (χ2v) is 4.50. The van der Waals surface area contributed by atoms with Gasteiger partial charge in [-0.1, -0.05) is 12.1 Å². The Hall–Kier alpha value is -1.35. The Balaban J connectivity index is 0.00000361. The molecular weight excluding hydrogens is 369 g/mol. The van der Waals surface area contributed by atoms with Crippen molar-refractivity contribution in [3.05, 3.63) is 35.4 Å². The molecule has 0 aliphatic carbocycles. The van der Waals surface area contributed by atoms with E-state index in [1.54, 1.807) is 12.1 Å². The average Bonchev–Trinajstić information content (AvgIpc) is 2.36. The minimum absolute atomic E-state index is 0. The van der Waals surface area contributed by atoms with Gasteiger partial charge in [-0.25, -0.2) is 4.99 Å². The van der Waals surface area contributed by atoms with Crippen LogP contribution in [0.15, 0.2) is 29.3 Å². The molecule has 0 aliphatic heterocycles. The number of nitrogens with one attached hydrogen (secondary N) is 1. The molecule has 6 nitrogen and oxygen atoms in total. The number of nitrogens with zero attached hydrogens (tertiary/aromatic N) is 2. The number of halogens is 1. The maximum Gasteiger partial charge on any atom is 0.251 e. The highest BCUT2D eigenvalue weighted by Gasteiger charge is 2.05. The van der Waals surface area contributed by atoms with Crippen LogP contribution in [0.5, 0.6) is 0 Å². The van der Waals surface area contributed by atoms with Crippen molar-refractivity contribution in [3.8, 4) is 0 Å². The summed E-state index contributed by atoms with van der Waals surface area (Å²) in [5, 5.41) is 2.86. The Morgan fingerprint density at radius 2 is 2.05 bits per heavy atom. The zero-order valence-electron chi connectivity index (χ0n) is 11.8. The molecule has 0 aromatic heterocycles. The molecule has 7 heteroatoms. The first kappa shape index (κ1) is 18.7. The van der Waals surface area contributed by atoms with Crippen molar-refractivity contribution in [2.75, 3.05) is 27.2 Å². The molecule has 1 aromatic carbocycles. The zero-order chi connectivity index (χ0) is 14.3. The number of hydrogen-bond acceptors (Lipinski definition) is 3. The summed E-state index contributed by atoms with van der Waals surface area (Å²) in [6.07, 6.45) is 0. The predicted octanol–water partition coefficient (Wildman–Crippen LogP) is 0.369. The lowest BCUT2D eigenvalue weighted by Crippen LogP contribution is -2.31. The van der Waals surface area contributed by atoms with E-state index in [9.17, 15) is 4.79 Å². The summed E-state index contributed by atoms with van der Waals surface area (Å²) in [7, 11) is 3.92. The Bertz CT molecular complexity index is 458. The molecule has 0 saturated heterocycles. The van der Waals surface area contributed by atoms with Crippen molar-refractivity contribution >= 4 is 35.8 Å². The van der Waals surface area contributed by atoms with Gasteiger partial charge in [0.1, 0.15) is 0 Å². The van der Waals surface area contributed by atoms with Gasteiger partial charge in [-0.3, -0.25) is 4.79 Å². The van der Waals surface area contributed by atoms with E-state index in [1.807, 2.05) is 31.1 Å². The normalized spacial score (nSPS) is 9.75. The number of carbonyl (C=O) groups is 1. The van der Waals surface area contributed by atoms with Gasteiger partial charge in [-0.2, -0.15) is 0 Å². The van der Waals surface area contributed by atoms with Gasteiger partial charge in [0.05, 0.1) is 6.54 Å². The van der Waals surface area contributed by atoms with Crippen LogP contribution in [0.25, 0.3) is 0 Å². The fourth-order valence-corrected chi connectivity index (χ4v) is 1.49. The van der Waals surface area contributed by atoms with Crippen LogP contribution >= 0.6 is 24.0 Å². The zero-order valence-corrected chi connectivity index (χ0v) is 14.1. The molecule has 0 radical (unpaired) electrons. The second kappa shape index (κ2) is 9.54. The Morgan fingerprint density at radius 3 is 2.65 bits per heavy atom. The van der Waals surface area contributed by atoms with E-state index in [0.29, 0.717) is 18.7 Å². The first-order valence-corrected chi connectivity index (χ1v) is 6.06. The number of hydrogen-bond donors (Lipinski definition) is 3. The number of likely N-dealkylation sites (N-methyl/N-ethyl adjacent to an activating group) is 1. The minimum atomic E-state index is -0.0894. The highest BCUT2D eigenvalue weighted by molar-refractivity contribution is 14.0. The number of rotatable bonds is 6. The van der Waals surface area contributed by atoms with Crippen molar-refractivity contribution in [2.45, 2.75) is 6.54 Å². The smallest absolute Gasteiger partial charge is 0.251 e. The van der Waals surface area contributed by atoms with Crippen molar-refractivity contribution in [1.29, 1.82) is 0 Å². The number of guanidine groups is 1. The van der Waals surface area contributed by atoms with Gasteiger partial charge in [0.2, 0.25) is 0 Å². The van der Waals surface area contributed by atoms with Crippen molar-refractivity contribution in [3.63, 3.8) is 0 Å². The van der Waals surface area contributed by atoms with Gasteiger partial charge in [0.25, 0.3) is 5.91 Å². The van der Waals surface area contributed by atoms with Crippen LogP contribution in [-0.4, -0.2) is 44.0 Å². The van der Waals surface area contributed by atoms with Gasteiger partial charge >= 0.3 is 0 Å². The molecule has 0 fully saturated rings. The third-order valence-electron chi connectivity index (χ3n) is 2.48. The number of amides is 1. The summed E-state index contributed by atoms with van der Waals surface area (Å²) in [6, 6.07) is 7.25. The van der Waals surface area contributed by atoms with E-state index in [0.717, 1.165) is 12.1 Å². The van der Waals surface area contributed by atoms with Crippen LogP contribution in [0.1, 0.15) is 15.9 Å². The first-order valence-electron chi connectivity index (χ1n) is 6.06. The lowest BCUT2D eigenvalue weighted by atomic mass is 10.1. The van der Waals surface area contributed by atoms with Gasteiger partial charge in [-0.05, 0) is 31.8 Å². The average molecular weight is 391 g/mol. The highest BCUT2D eigenvalue weighted by Crippen LogP contribution is 2.06. The topological polar surface area (TPSA) is 96.7 Å². The molecular formula is C13H22IN5O. The molecule has 0 atom stereocenters. The first-order chi connectivity index (χ1) is 8.99. The highest BCUT2D eigenvalue weighted by atomic mass is 127. The fraction of sp³-hybridized carbons (Fsp3) is 0.385. The van der Waals surface area contributed by atoms with Crippen LogP contribution in [0.3, 0.4) is 0 Å². The summed E-state index contributed by atoms with van der Waals surface area (Å²) in [6.45, 7) is 1.80. The number of benzene rings is 1. The molecule has 1 amide bonds. The quantitative estimate of drug-likeness (QED) is 0.371. The summed E-state index contributed by atoms with van der Waals surface area (Å²) in [5.41, 5.74) is 12.1. The van der Waals surface area contributed by atoms with Crippen molar-refractivity contribution in [2.24, 2.45) is 16.5 Å². The molecule has 5 N–H and O–H groups in total. The van der Waals surface area contributed by atoms with Gasteiger partial charge in [0, 0.05) is 18.7 Å². The molecule has 0 heterocycles. The second-order valence-electron chi connectivity index (χ2n) is 4.50. The van der Waals surface area contributed by atoms with Crippen LogP contribution in [0.2, 0.25) is 0 Å². The molecule has 0 unspecified atom stereocenters. The largest absolute Gasteiger partial charge is 0.370 e. The summed E-state index contributed by atoms with van der Waals surface area (Å²) in [4.78, 5) is 17.8. The third kappa shape index (κ3) is 7.29. The van der Waals surface area contributed by atoms with E-state index < -0.39 is 0 Å². The van der Waals surface area contributed by atoms with E-state index in [1.165, 1.54) is 0 Å². The summed E-state index contributed by atoms with van der Waals surface area (Å²) in [5.74, 6) is -0.0470. The van der Waals surface area contributed by atoms with Crippen molar-refractivity contribution in [1.82, 2.24) is 10.2 Å². The number of aliphatic imine (C=N–C) groups is 1. The molecule has 0 aliphatic rings. The van der Waals surface area contributed by atoms with Gasteiger partial charge in [0.15, 0.2) is 5.96 Å². The molecule has 0 saturated carbocycles. The number of nitrogens with two attached hydrogens (primary N) is 2. The van der Waals surface area contributed by atoms with Gasteiger partial charge < -0.3 is 21.7 Å². The molecule has 112 valence electrons. The fourth-order valence-electron chi connectivity index (χ4n) is 1.49. The number of carbonyl (C=O) groups excluding carboxylic acids is 1. The third-order valence-corrected chi connectivity index (χ3v) is 2.48. The maximum absolute atomic E-state index is 11.9. The van der Waals surface area contributed by atoms with E-state index in [-0.39, 0.29) is 35.8 Å². The molecule has 1 aromatic rings. The Kier molecular flexibility index (Phi) is 8.89. The lowest BCUT2D eigenvalue weighted by Gasteiger charge is -2.10. The minimum Gasteiger partial charge on any atom is -0.370 e. The summed E-state index contributed by atoms with van der Waals surface area (Å²) >= 11 is 0. The SMILES string of the molecule is CN(C)CCNC(=O)c1cccc(CN=C(N)N)c1.I. The summed E-state index contributed by atoms with van der Waals surface area (Å²) < 4.78 is 0. The van der Waals surface area contributed by atoms with Crippen LogP contribution in [-0.2, 0) is 6.54 Å². The Labute approximate surface area is 136 Å². The van der Waals surface area contributed by atoms with E-state index in [2.05, 4.69) is 10.3 Å². The molecule has 20 heavy (non-hydrogen) atoms. The standard InChI is InChI=1S/C13H21N5O.HI/c1-18(2)7-6-16-12(19)11-5-3-4-10(8-11)9-17-13(14)15;/h3-5,8H,6-7,9H2,1-2H3,(H,16,19)(H4,14,15,17);1H.